The molecule has 2 rings (SSSR count). The standard InChI is InChI=1S/C14H17Cl2N5O/c1-9-19-13(22-20-9)7-18-14(17-2)21(3)8-10-4-5-11(15)12(16)6-10/h4-6H,7-8H2,1-3H3,(H,17,18). The predicted molar refractivity (Wildman–Crippen MR) is 87.2 cm³/mol. The highest BCUT2D eigenvalue weighted by Crippen LogP contribution is 2.23. The Hall–Kier alpha value is -1.79. The van der Waals surface area contributed by atoms with Gasteiger partial charge in [0.25, 0.3) is 0 Å². The zero-order chi connectivity index (χ0) is 16.1. The molecule has 0 saturated heterocycles. The van der Waals surface area contributed by atoms with E-state index in [-0.39, 0.29) is 0 Å². The highest BCUT2D eigenvalue weighted by atomic mass is 35.5. The third-order valence-electron chi connectivity index (χ3n) is 2.94. The molecule has 1 aromatic carbocycles. The monoisotopic (exact) mass is 341 g/mol. The van der Waals surface area contributed by atoms with Gasteiger partial charge in [0.15, 0.2) is 11.8 Å². The van der Waals surface area contributed by atoms with Crippen LogP contribution in [0.5, 0.6) is 0 Å². The Morgan fingerprint density at radius 2 is 2.14 bits per heavy atom. The minimum atomic E-state index is 0.416. The number of rotatable bonds is 4. The summed E-state index contributed by atoms with van der Waals surface area (Å²) in [5, 5.41) is 7.99. The summed E-state index contributed by atoms with van der Waals surface area (Å²) < 4.78 is 5.06. The number of guanidine groups is 1. The first-order valence-corrected chi connectivity index (χ1v) is 7.40. The Kier molecular flexibility index (Phi) is 5.63. The zero-order valence-electron chi connectivity index (χ0n) is 12.6. The number of hydrogen-bond donors (Lipinski definition) is 1. The third kappa shape index (κ3) is 4.35. The van der Waals surface area contributed by atoms with E-state index >= 15 is 0 Å². The molecule has 0 fully saturated rings. The van der Waals surface area contributed by atoms with E-state index in [1.807, 2.05) is 24.1 Å². The van der Waals surface area contributed by atoms with Crippen molar-refractivity contribution in [3.05, 3.63) is 45.5 Å². The van der Waals surface area contributed by atoms with Gasteiger partial charge in [0, 0.05) is 20.6 Å². The molecule has 2 aromatic rings. The zero-order valence-corrected chi connectivity index (χ0v) is 14.1. The summed E-state index contributed by atoms with van der Waals surface area (Å²) >= 11 is 12.0. The van der Waals surface area contributed by atoms with Crippen LogP contribution in [0.25, 0.3) is 0 Å². The molecular weight excluding hydrogens is 325 g/mol. The van der Waals surface area contributed by atoms with Gasteiger partial charge in [-0.1, -0.05) is 34.4 Å². The second-order valence-corrected chi connectivity index (χ2v) is 5.56. The fraction of sp³-hybridized carbons (Fsp3) is 0.357. The molecular formula is C14H17Cl2N5O. The summed E-state index contributed by atoms with van der Waals surface area (Å²) in [6.07, 6.45) is 0. The minimum Gasteiger partial charge on any atom is -0.347 e. The van der Waals surface area contributed by atoms with Crippen LogP contribution in [0, 0.1) is 6.92 Å². The molecule has 0 atom stereocenters. The predicted octanol–water partition coefficient (Wildman–Crippen LogP) is 2.89. The topological polar surface area (TPSA) is 66.5 Å². The molecule has 0 bridgehead atoms. The van der Waals surface area contributed by atoms with Crippen molar-refractivity contribution in [2.24, 2.45) is 4.99 Å². The van der Waals surface area contributed by atoms with Gasteiger partial charge in [-0.2, -0.15) is 4.98 Å². The molecule has 0 spiro atoms. The highest BCUT2D eigenvalue weighted by Gasteiger charge is 2.10. The maximum absolute atomic E-state index is 6.03. The number of nitrogens with zero attached hydrogens (tertiary/aromatic N) is 4. The Balaban J connectivity index is 1.96. The van der Waals surface area contributed by atoms with Gasteiger partial charge in [0.2, 0.25) is 5.89 Å². The molecule has 0 unspecified atom stereocenters. The average molecular weight is 342 g/mol. The summed E-state index contributed by atoms with van der Waals surface area (Å²) in [6.45, 7) is 2.83. The van der Waals surface area contributed by atoms with Crippen molar-refractivity contribution in [2.75, 3.05) is 14.1 Å². The lowest BCUT2D eigenvalue weighted by molar-refractivity contribution is 0.368. The smallest absolute Gasteiger partial charge is 0.246 e. The lowest BCUT2D eigenvalue weighted by Crippen LogP contribution is -2.38. The van der Waals surface area contributed by atoms with Crippen molar-refractivity contribution >= 4 is 29.2 Å². The number of benzene rings is 1. The molecule has 1 heterocycles. The fourth-order valence-corrected chi connectivity index (χ4v) is 2.26. The van der Waals surface area contributed by atoms with Gasteiger partial charge in [-0.05, 0) is 24.6 Å². The van der Waals surface area contributed by atoms with Crippen molar-refractivity contribution in [3.8, 4) is 0 Å². The minimum absolute atomic E-state index is 0.416. The van der Waals surface area contributed by atoms with E-state index in [0.717, 1.165) is 5.56 Å². The summed E-state index contributed by atoms with van der Waals surface area (Å²) in [5.41, 5.74) is 1.04. The number of aryl methyl sites for hydroxylation is 1. The van der Waals surface area contributed by atoms with Gasteiger partial charge in [0.1, 0.15) is 0 Å². The van der Waals surface area contributed by atoms with E-state index in [2.05, 4.69) is 20.4 Å². The van der Waals surface area contributed by atoms with E-state index in [9.17, 15) is 0 Å². The number of halogens is 2. The van der Waals surface area contributed by atoms with E-state index < -0.39 is 0 Å². The van der Waals surface area contributed by atoms with Gasteiger partial charge in [-0.25, -0.2) is 0 Å². The quantitative estimate of drug-likeness (QED) is 0.684. The molecule has 0 aliphatic carbocycles. The summed E-state index contributed by atoms with van der Waals surface area (Å²) in [7, 11) is 3.64. The van der Waals surface area contributed by atoms with Crippen molar-refractivity contribution < 1.29 is 4.52 Å². The van der Waals surface area contributed by atoms with Crippen LogP contribution in [0.15, 0.2) is 27.7 Å². The van der Waals surface area contributed by atoms with Crippen LogP contribution in [0.3, 0.4) is 0 Å². The molecule has 0 aliphatic rings. The lowest BCUT2D eigenvalue weighted by Gasteiger charge is -2.21. The maximum atomic E-state index is 6.03. The first-order chi connectivity index (χ1) is 10.5. The number of aromatic nitrogens is 2. The molecule has 6 nitrogen and oxygen atoms in total. The fourth-order valence-electron chi connectivity index (χ4n) is 1.94. The molecule has 118 valence electrons. The Bertz CT molecular complexity index is 671. The van der Waals surface area contributed by atoms with E-state index in [0.29, 0.717) is 40.8 Å². The normalized spacial score (nSPS) is 11.6. The molecule has 0 aliphatic heterocycles. The van der Waals surface area contributed by atoms with Crippen LogP contribution >= 0.6 is 23.2 Å². The first-order valence-electron chi connectivity index (χ1n) is 6.64. The summed E-state index contributed by atoms with van der Waals surface area (Å²) in [6, 6.07) is 5.55. The van der Waals surface area contributed by atoms with Crippen LogP contribution < -0.4 is 5.32 Å². The molecule has 8 heteroatoms. The van der Waals surface area contributed by atoms with Crippen LogP contribution in [0.2, 0.25) is 10.0 Å². The largest absolute Gasteiger partial charge is 0.347 e. The van der Waals surface area contributed by atoms with Gasteiger partial charge >= 0.3 is 0 Å². The van der Waals surface area contributed by atoms with E-state index in [1.54, 1.807) is 20.0 Å². The van der Waals surface area contributed by atoms with Crippen LogP contribution in [0.1, 0.15) is 17.3 Å². The van der Waals surface area contributed by atoms with Crippen molar-refractivity contribution in [3.63, 3.8) is 0 Å². The van der Waals surface area contributed by atoms with Gasteiger partial charge in [0.05, 0.1) is 16.6 Å². The number of aliphatic imine (C=N–C) groups is 1. The Labute approximate surface area is 139 Å². The Morgan fingerprint density at radius 1 is 1.36 bits per heavy atom. The molecule has 1 N–H and O–H groups in total. The maximum Gasteiger partial charge on any atom is 0.246 e. The van der Waals surface area contributed by atoms with E-state index in [1.165, 1.54) is 0 Å². The van der Waals surface area contributed by atoms with Crippen molar-refractivity contribution in [1.29, 1.82) is 0 Å². The third-order valence-corrected chi connectivity index (χ3v) is 3.68. The van der Waals surface area contributed by atoms with Crippen LogP contribution in [-0.4, -0.2) is 35.1 Å². The number of hydrogen-bond acceptors (Lipinski definition) is 4. The highest BCUT2D eigenvalue weighted by molar-refractivity contribution is 6.42. The molecule has 1 aromatic heterocycles. The van der Waals surface area contributed by atoms with Gasteiger partial charge in [-0.3, -0.25) is 4.99 Å². The summed E-state index contributed by atoms with van der Waals surface area (Å²) in [4.78, 5) is 10.3. The molecule has 22 heavy (non-hydrogen) atoms. The van der Waals surface area contributed by atoms with Crippen molar-refractivity contribution in [1.82, 2.24) is 20.4 Å². The average Bonchev–Trinajstić information content (AvgIpc) is 2.89. The SMILES string of the molecule is CN=C(NCc1nc(C)no1)N(C)Cc1ccc(Cl)c(Cl)c1. The molecule has 0 radical (unpaired) electrons. The number of nitrogens with one attached hydrogen (secondary N) is 1. The second-order valence-electron chi connectivity index (χ2n) is 4.74. The van der Waals surface area contributed by atoms with E-state index in [4.69, 9.17) is 27.7 Å². The van der Waals surface area contributed by atoms with Gasteiger partial charge in [-0.15, -0.1) is 0 Å². The Morgan fingerprint density at radius 3 is 2.73 bits per heavy atom. The summed E-state index contributed by atoms with van der Waals surface area (Å²) in [5.74, 6) is 1.83. The second kappa shape index (κ2) is 7.47. The van der Waals surface area contributed by atoms with Gasteiger partial charge < -0.3 is 14.7 Å². The lowest BCUT2D eigenvalue weighted by atomic mass is 10.2. The van der Waals surface area contributed by atoms with Crippen LogP contribution in [0.4, 0.5) is 0 Å². The molecule has 0 saturated carbocycles. The first kappa shape index (κ1) is 16.6. The van der Waals surface area contributed by atoms with Crippen LogP contribution in [-0.2, 0) is 13.1 Å². The molecule has 0 amide bonds. The van der Waals surface area contributed by atoms with Crippen molar-refractivity contribution in [2.45, 2.75) is 20.0 Å².